The van der Waals surface area contributed by atoms with Crippen molar-refractivity contribution in [2.75, 3.05) is 37.8 Å². The summed E-state index contributed by atoms with van der Waals surface area (Å²) in [6.07, 6.45) is -1.82. The molecule has 0 bridgehead atoms. The van der Waals surface area contributed by atoms with Gasteiger partial charge in [0, 0.05) is 12.3 Å². The molecule has 1 aliphatic heterocycles. The third-order valence-electron chi connectivity index (χ3n) is 3.01. The smallest absolute Gasteiger partial charge is 0.351 e. The van der Waals surface area contributed by atoms with Gasteiger partial charge < -0.3 is 10.2 Å². The number of hydrogen-bond donors (Lipinski definition) is 1. The first-order valence-corrected chi connectivity index (χ1v) is 8.18. The maximum Gasteiger partial charge on any atom is 0.405 e. The highest BCUT2D eigenvalue weighted by atomic mass is 32.2. The van der Waals surface area contributed by atoms with Gasteiger partial charge in [0.25, 0.3) is 0 Å². The molecule has 4 nitrogen and oxygen atoms in total. The maximum absolute atomic E-state index is 12.1. The molecule has 0 unspecified atom stereocenters. The number of thioether (sulfide) groups is 1. The largest absolute Gasteiger partial charge is 0.405 e. The number of hydrogen-bond acceptors (Lipinski definition) is 6. The van der Waals surface area contributed by atoms with Crippen LogP contribution in [0.5, 0.6) is 0 Å². The number of nitrogens with zero attached hydrogens (tertiary/aromatic N) is 3. The van der Waals surface area contributed by atoms with E-state index in [4.69, 9.17) is 0 Å². The molecule has 114 valence electrons. The minimum absolute atomic E-state index is 0.227. The van der Waals surface area contributed by atoms with E-state index in [1.165, 1.54) is 24.2 Å². The van der Waals surface area contributed by atoms with Crippen LogP contribution in [-0.4, -0.2) is 53.7 Å². The van der Waals surface area contributed by atoms with Crippen molar-refractivity contribution in [1.82, 2.24) is 15.1 Å². The summed E-state index contributed by atoms with van der Waals surface area (Å²) >= 11 is 2.76. The zero-order valence-corrected chi connectivity index (χ0v) is 12.7. The van der Waals surface area contributed by atoms with Gasteiger partial charge >= 0.3 is 6.18 Å². The fourth-order valence-corrected chi connectivity index (χ4v) is 4.01. The lowest BCUT2D eigenvalue weighted by Crippen LogP contribution is -2.33. The maximum atomic E-state index is 12.1. The third kappa shape index (κ3) is 5.45. The van der Waals surface area contributed by atoms with E-state index in [0.717, 1.165) is 23.2 Å². The Morgan fingerprint density at radius 2 is 2.25 bits per heavy atom. The third-order valence-corrected chi connectivity index (χ3v) is 5.26. The van der Waals surface area contributed by atoms with Gasteiger partial charge in [-0.25, -0.2) is 0 Å². The number of rotatable bonds is 5. The average Bonchev–Trinajstić information content (AvgIpc) is 2.81. The van der Waals surface area contributed by atoms with Gasteiger partial charge in [0.1, 0.15) is 6.54 Å². The molecule has 1 aliphatic rings. The number of alkyl halides is 3. The van der Waals surface area contributed by atoms with Crippen molar-refractivity contribution >= 4 is 28.2 Å². The standard InChI is InChI=1S/C11H17F3N4S2/c1-18-4-2-3-8(5-18)6-19-10-17-16-9(20-10)15-7-11(12,13)14/h8H,2-7H2,1H3,(H,15,16)/t8-/m0/s1. The van der Waals surface area contributed by atoms with E-state index in [1.807, 2.05) is 0 Å². The summed E-state index contributed by atoms with van der Waals surface area (Å²) in [5.41, 5.74) is 0. The second-order valence-corrected chi connectivity index (χ2v) is 7.17. The molecule has 0 aromatic carbocycles. The van der Waals surface area contributed by atoms with E-state index in [-0.39, 0.29) is 5.13 Å². The second-order valence-electron chi connectivity index (χ2n) is 4.92. The molecule has 0 radical (unpaired) electrons. The first-order chi connectivity index (χ1) is 9.42. The molecular formula is C11H17F3N4S2. The summed E-state index contributed by atoms with van der Waals surface area (Å²) in [5, 5.41) is 10.1. The van der Waals surface area contributed by atoms with Gasteiger partial charge in [-0.2, -0.15) is 13.2 Å². The van der Waals surface area contributed by atoms with E-state index in [2.05, 4.69) is 27.5 Å². The van der Waals surface area contributed by atoms with E-state index < -0.39 is 12.7 Å². The fraction of sp³-hybridized carbons (Fsp3) is 0.818. The Kier molecular flexibility index (Phi) is 5.50. The zero-order valence-electron chi connectivity index (χ0n) is 11.1. The molecule has 1 fully saturated rings. The quantitative estimate of drug-likeness (QED) is 0.843. The molecule has 0 saturated carbocycles. The molecule has 2 rings (SSSR count). The first kappa shape index (κ1) is 15.8. The van der Waals surface area contributed by atoms with Crippen LogP contribution in [0.4, 0.5) is 18.3 Å². The van der Waals surface area contributed by atoms with Crippen LogP contribution in [-0.2, 0) is 0 Å². The van der Waals surface area contributed by atoms with Crippen LogP contribution in [0.1, 0.15) is 12.8 Å². The molecule has 0 spiro atoms. The molecule has 0 aliphatic carbocycles. The summed E-state index contributed by atoms with van der Waals surface area (Å²) in [6, 6.07) is 0. The van der Waals surface area contributed by atoms with Crippen LogP contribution < -0.4 is 5.32 Å². The minimum Gasteiger partial charge on any atom is -0.351 e. The lowest BCUT2D eigenvalue weighted by molar-refractivity contribution is -0.115. The molecule has 1 aromatic heterocycles. The molecule has 1 aromatic rings. The van der Waals surface area contributed by atoms with Crippen molar-refractivity contribution < 1.29 is 13.2 Å². The Balaban J connectivity index is 1.75. The molecule has 0 amide bonds. The molecule has 1 atom stereocenters. The molecular weight excluding hydrogens is 309 g/mol. The van der Waals surface area contributed by atoms with Crippen LogP contribution >= 0.6 is 23.1 Å². The zero-order chi connectivity index (χ0) is 14.6. The van der Waals surface area contributed by atoms with Gasteiger partial charge in [-0.15, -0.1) is 10.2 Å². The van der Waals surface area contributed by atoms with Crippen molar-refractivity contribution in [3.8, 4) is 0 Å². The van der Waals surface area contributed by atoms with Crippen molar-refractivity contribution in [2.24, 2.45) is 5.92 Å². The lowest BCUT2D eigenvalue weighted by Gasteiger charge is -2.29. The Labute approximate surface area is 124 Å². The van der Waals surface area contributed by atoms with Gasteiger partial charge in [-0.1, -0.05) is 23.1 Å². The number of nitrogens with one attached hydrogen (secondary N) is 1. The Morgan fingerprint density at radius 3 is 2.95 bits per heavy atom. The Hall–Kier alpha value is -0.540. The van der Waals surface area contributed by atoms with Gasteiger partial charge in [-0.3, -0.25) is 0 Å². The van der Waals surface area contributed by atoms with Gasteiger partial charge in [-0.05, 0) is 32.4 Å². The number of halogens is 3. The van der Waals surface area contributed by atoms with Crippen LogP contribution in [0.25, 0.3) is 0 Å². The second kappa shape index (κ2) is 6.95. The summed E-state index contributed by atoms with van der Waals surface area (Å²) in [5.74, 6) is 1.56. The summed E-state index contributed by atoms with van der Waals surface area (Å²) in [7, 11) is 2.11. The predicted molar refractivity (Wildman–Crippen MR) is 75.4 cm³/mol. The summed E-state index contributed by atoms with van der Waals surface area (Å²) < 4.78 is 36.9. The van der Waals surface area contributed by atoms with Crippen molar-refractivity contribution in [3.63, 3.8) is 0 Å². The van der Waals surface area contributed by atoms with Gasteiger partial charge in [0.2, 0.25) is 5.13 Å². The van der Waals surface area contributed by atoms with Crippen LogP contribution in [0.2, 0.25) is 0 Å². The monoisotopic (exact) mass is 326 g/mol. The van der Waals surface area contributed by atoms with Crippen LogP contribution in [0, 0.1) is 5.92 Å². The average molecular weight is 326 g/mol. The SMILES string of the molecule is CN1CCC[C@H](CSc2nnc(NCC(F)(F)F)s2)C1. The number of piperidine rings is 1. The summed E-state index contributed by atoms with van der Waals surface area (Å²) in [4.78, 5) is 2.31. The topological polar surface area (TPSA) is 41.1 Å². The molecule has 1 saturated heterocycles. The van der Waals surface area contributed by atoms with Crippen molar-refractivity contribution in [3.05, 3.63) is 0 Å². The molecule has 9 heteroatoms. The number of anilines is 1. The van der Waals surface area contributed by atoms with Crippen molar-refractivity contribution in [2.45, 2.75) is 23.4 Å². The van der Waals surface area contributed by atoms with E-state index in [9.17, 15) is 13.2 Å². The van der Waals surface area contributed by atoms with Crippen LogP contribution in [0.15, 0.2) is 4.34 Å². The van der Waals surface area contributed by atoms with Gasteiger partial charge in [0.15, 0.2) is 4.34 Å². The Bertz CT molecular complexity index is 424. The minimum atomic E-state index is -4.23. The summed E-state index contributed by atoms with van der Waals surface area (Å²) in [6.45, 7) is 1.15. The molecule has 20 heavy (non-hydrogen) atoms. The van der Waals surface area contributed by atoms with Crippen molar-refractivity contribution in [1.29, 1.82) is 0 Å². The lowest BCUT2D eigenvalue weighted by atomic mass is 10.0. The van der Waals surface area contributed by atoms with Gasteiger partial charge in [0.05, 0.1) is 0 Å². The highest BCUT2D eigenvalue weighted by molar-refractivity contribution is 8.01. The van der Waals surface area contributed by atoms with E-state index in [0.29, 0.717) is 5.92 Å². The number of aromatic nitrogens is 2. The normalized spacial score (nSPS) is 21.1. The predicted octanol–water partition coefficient (Wildman–Crippen LogP) is 2.95. The van der Waals surface area contributed by atoms with E-state index >= 15 is 0 Å². The molecule has 2 heterocycles. The molecule has 1 N–H and O–H groups in total. The highest BCUT2D eigenvalue weighted by Gasteiger charge is 2.27. The van der Waals surface area contributed by atoms with Crippen LogP contribution in [0.3, 0.4) is 0 Å². The fourth-order valence-electron chi connectivity index (χ4n) is 2.11. The Morgan fingerprint density at radius 1 is 1.45 bits per heavy atom. The first-order valence-electron chi connectivity index (χ1n) is 6.38. The highest BCUT2D eigenvalue weighted by Crippen LogP contribution is 2.29. The number of likely N-dealkylation sites (tertiary alicyclic amines) is 1. The van der Waals surface area contributed by atoms with E-state index in [1.54, 1.807) is 11.8 Å².